The van der Waals surface area contributed by atoms with E-state index >= 15 is 0 Å². The van der Waals surface area contributed by atoms with Gasteiger partial charge in [0.05, 0.1) is 7.11 Å². The highest BCUT2D eigenvalue weighted by Crippen LogP contribution is 2.37. The van der Waals surface area contributed by atoms with Crippen LogP contribution in [0.3, 0.4) is 0 Å². The lowest BCUT2D eigenvalue weighted by molar-refractivity contribution is -0.124. The van der Waals surface area contributed by atoms with Crippen LogP contribution < -0.4 is 9.47 Å². The molecule has 23 heavy (non-hydrogen) atoms. The van der Waals surface area contributed by atoms with Crippen LogP contribution in [0.2, 0.25) is 0 Å². The van der Waals surface area contributed by atoms with Crippen molar-refractivity contribution in [3.8, 4) is 11.5 Å². The number of ether oxygens (including phenoxy) is 4. The molecule has 0 aromatic heterocycles. The highest BCUT2D eigenvalue weighted by Gasteiger charge is 2.18. The minimum atomic E-state index is -0.459. The summed E-state index contributed by atoms with van der Waals surface area (Å²) < 4.78 is 23.2. The largest absolute Gasteiger partial charge is 0.493 e. The van der Waals surface area contributed by atoms with Crippen molar-refractivity contribution in [2.75, 3.05) is 20.8 Å². The molecule has 0 saturated carbocycles. The third-order valence-corrected chi connectivity index (χ3v) is 3.99. The van der Waals surface area contributed by atoms with Crippen LogP contribution >= 0.6 is 15.9 Å². The Bertz CT molecular complexity index is 616. The second-order valence-electron chi connectivity index (χ2n) is 4.82. The van der Waals surface area contributed by atoms with Crippen molar-refractivity contribution in [3.63, 3.8) is 0 Å². The summed E-state index contributed by atoms with van der Waals surface area (Å²) in [7, 11) is 3.23. The van der Waals surface area contributed by atoms with Crippen molar-refractivity contribution < 1.29 is 18.9 Å². The average Bonchev–Trinajstić information content (AvgIpc) is 2.59. The van der Waals surface area contributed by atoms with Gasteiger partial charge in [0.15, 0.2) is 17.8 Å². The summed E-state index contributed by atoms with van der Waals surface area (Å²) in [4.78, 5) is 0. The third-order valence-electron chi connectivity index (χ3n) is 3.31. The third kappa shape index (κ3) is 4.70. The van der Waals surface area contributed by atoms with Crippen molar-refractivity contribution >= 4 is 15.9 Å². The predicted octanol–water partition coefficient (Wildman–Crippen LogP) is 4.72. The zero-order valence-electron chi connectivity index (χ0n) is 13.5. The van der Waals surface area contributed by atoms with Gasteiger partial charge in [0.25, 0.3) is 0 Å². The van der Waals surface area contributed by atoms with Crippen LogP contribution in [0.5, 0.6) is 11.5 Å². The van der Waals surface area contributed by atoms with E-state index in [0.717, 1.165) is 15.6 Å². The fourth-order valence-corrected chi connectivity index (χ4v) is 2.68. The molecule has 5 heteroatoms. The fourth-order valence-electron chi connectivity index (χ4n) is 2.18. The Morgan fingerprint density at radius 3 is 2.39 bits per heavy atom. The van der Waals surface area contributed by atoms with Crippen molar-refractivity contribution in [2.24, 2.45) is 0 Å². The molecule has 0 aliphatic carbocycles. The van der Waals surface area contributed by atoms with Gasteiger partial charge in [-0.05, 0) is 24.6 Å². The first-order valence-electron chi connectivity index (χ1n) is 7.38. The molecule has 2 aromatic carbocycles. The molecule has 0 bridgehead atoms. The number of halogens is 1. The van der Waals surface area contributed by atoms with Gasteiger partial charge in [-0.2, -0.15) is 0 Å². The number of methoxy groups -OCH3 is 2. The highest BCUT2D eigenvalue weighted by atomic mass is 79.9. The maximum atomic E-state index is 5.93. The molecule has 0 amide bonds. The Morgan fingerprint density at radius 2 is 1.78 bits per heavy atom. The van der Waals surface area contributed by atoms with Crippen LogP contribution in [0.4, 0.5) is 0 Å². The van der Waals surface area contributed by atoms with Gasteiger partial charge < -0.3 is 18.9 Å². The molecule has 1 atom stereocenters. The van der Waals surface area contributed by atoms with Gasteiger partial charge in [-0.15, -0.1) is 0 Å². The van der Waals surface area contributed by atoms with Gasteiger partial charge in [-0.3, -0.25) is 0 Å². The smallest absolute Gasteiger partial charge is 0.184 e. The first-order valence-corrected chi connectivity index (χ1v) is 8.17. The van der Waals surface area contributed by atoms with Crippen molar-refractivity contribution in [2.45, 2.75) is 19.8 Å². The first kappa shape index (κ1) is 17.8. The molecule has 0 spiro atoms. The molecule has 0 saturated heterocycles. The van der Waals surface area contributed by atoms with E-state index in [1.807, 2.05) is 49.4 Å². The summed E-state index contributed by atoms with van der Waals surface area (Å²) in [5.41, 5.74) is 1.95. The lowest BCUT2D eigenvalue weighted by Gasteiger charge is -2.19. The van der Waals surface area contributed by atoms with Crippen LogP contribution in [0.15, 0.2) is 46.9 Å². The van der Waals surface area contributed by atoms with Crippen LogP contribution in [0.25, 0.3) is 0 Å². The molecular formula is C18H21BrO4. The Balaban J connectivity index is 2.26. The van der Waals surface area contributed by atoms with Crippen LogP contribution in [0, 0.1) is 0 Å². The summed E-state index contributed by atoms with van der Waals surface area (Å²) in [6, 6.07) is 13.7. The van der Waals surface area contributed by atoms with Gasteiger partial charge in [0, 0.05) is 23.8 Å². The maximum Gasteiger partial charge on any atom is 0.184 e. The topological polar surface area (TPSA) is 36.9 Å². The molecular weight excluding hydrogens is 360 g/mol. The standard InChI is InChI=1S/C18H21BrO4/c1-4-22-18(21-3)14-10-17(16(20-2)11-15(14)19)23-12-13-8-6-5-7-9-13/h5-11,18H,4,12H2,1-3H3. The molecule has 124 valence electrons. The zero-order chi connectivity index (χ0) is 16.7. The number of hydrogen-bond donors (Lipinski definition) is 0. The Kier molecular flexibility index (Phi) is 6.89. The molecule has 1 unspecified atom stereocenters. The molecule has 0 radical (unpaired) electrons. The molecule has 2 rings (SSSR count). The van der Waals surface area contributed by atoms with Crippen LogP contribution in [0.1, 0.15) is 24.3 Å². The van der Waals surface area contributed by atoms with E-state index in [0.29, 0.717) is 24.7 Å². The number of rotatable bonds is 8. The molecule has 0 heterocycles. The van der Waals surface area contributed by atoms with Crippen LogP contribution in [-0.2, 0) is 16.1 Å². The quantitative estimate of drug-likeness (QED) is 0.621. The van der Waals surface area contributed by atoms with Crippen LogP contribution in [-0.4, -0.2) is 20.8 Å². The van der Waals surface area contributed by atoms with E-state index < -0.39 is 6.29 Å². The molecule has 0 N–H and O–H groups in total. The number of benzene rings is 2. The van der Waals surface area contributed by atoms with Crippen molar-refractivity contribution in [1.82, 2.24) is 0 Å². The molecule has 4 nitrogen and oxygen atoms in total. The van der Waals surface area contributed by atoms with E-state index in [9.17, 15) is 0 Å². The summed E-state index contributed by atoms with van der Waals surface area (Å²) >= 11 is 3.53. The zero-order valence-corrected chi connectivity index (χ0v) is 15.1. The molecule has 0 aliphatic rings. The van der Waals surface area contributed by atoms with E-state index in [1.54, 1.807) is 14.2 Å². The fraction of sp³-hybridized carbons (Fsp3) is 0.333. The molecule has 0 aliphatic heterocycles. The second-order valence-corrected chi connectivity index (χ2v) is 5.68. The first-order chi connectivity index (χ1) is 11.2. The summed E-state index contributed by atoms with van der Waals surface area (Å²) in [5, 5.41) is 0. The summed E-state index contributed by atoms with van der Waals surface area (Å²) in [5.74, 6) is 1.30. The summed E-state index contributed by atoms with van der Waals surface area (Å²) in [6.45, 7) is 2.94. The second kappa shape index (κ2) is 8.91. The Labute approximate surface area is 145 Å². The van der Waals surface area contributed by atoms with Crippen molar-refractivity contribution in [3.05, 3.63) is 58.1 Å². The molecule has 2 aromatic rings. The van der Waals surface area contributed by atoms with Gasteiger partial charge in [-0.25, -0.2) is 0 Å². The average molecular weight is 381 g/mol. The van der Waals surface area contributed by atoms with Gasteiger partial charge >= 0.3 is 0 Å². The Hall–Kier alpha value is -1.56. The lowest BCUT2D eigenvalue weighted by Crippen LogP contribution is -2.08. The van der Waals surface area contributed by atoms with Gasteiger partial charge in [0.1, 0.15) is 6.61 Å². The minimum absolute atomic E-state index is 0.459. The van der Waals surface area contributed by atoms with E-state index in [2.05, 4.69) is 15.9 Å². The van der Waals surface area contributed by atoms with Crippen molar-refractivity contribution in [1.29, 1.82) is 0 Å². The van der Waals surface area contributed by atoms with Gasteiger partial charge in [0.2, 0.25) is 0 Å². The summed E-state index contributed by atoms with van der Waals surface area (Å²) in [6.07, 6.45) is -0.459. The van der Waals surface area contributed by atoms with E-state index in [1.165, 1.54) is 0 Å². The SMILES string of the molecule is CCOC(OC)c1cc(OCc2ccccc2)c(OC)cc1Br. The molecule has 0 fully saturated rings. The van der Waals surface area contributed by atoms with E-state index in [4.69, 9.17) is 18.9 Å². The normalized spacial score (nSPS) is 12.0. The minimum Gasteiger partial charge on any atom is -0.493 e. The van der Waals surface area contributed by atoms with E-state index in [-0.39, 0.29) is 0 Å². The Morgan fingerprint density at radius 1 is 1.04 bits per heavy atom. The predicted molar refractivity (Wildman–Crippen MR) is 92.8 cm³/mol. The maximum absolute atomic E-state index is 5.93. The lowest BCUT2D eigenvalue weighted by atomic mass is 10.2. The number of hydrogen-bond acceptors (Lipinski definition) is 4. The highest BCUT2D eigenvalue weighted by molar-refractivity contribution is 9.10. The monoisotopic (exact) mass is 380 g/mol. The van der Waals surface area contributed by atoms with Gasteiger partial charge in [-0.1, -0.05) is 46.3 Å².